The van der Waals surface area contributed by atoms with E-state index < -0.39 is 10.0 Å². The normalized spacial score (nSPS) is 16.1. The molecule has 0 spiro atoms. The average Bonchev–Trinajstić information content (AvgIpc) is 2.79. The fourth-order valence-corrected chi connectivity index (χ4v) is 5.22. The number of carbonyl (C=O) groups is 1. The minimum atomic E-state index is -3.77. The van der Waals surface area contributed by atoms with Crippen molar-refractivity contribution in [2.75, 3.05) is 13.1 Å². The zero-order chi connectivity index (χ0) is 22.0. The number of sulfonamides is 1. The lowest BCUT2D eigenvalue weighted by Crippen LogP contribution is -2.37. The van der Waals surface area contributed by atoms with E-state index in [0.29, 0.717) is 17.6 Å². The topological polar surface area (TPSA) is 91.2 Å². The largest absolute Gasteiger partial charge is 0.291 e. The van der Waals surface area contributed by atoms with Crippen LogP contribution in [0.25, 0.3) is 0 Å². The molecule has 2 aromatic rings. The summed E-state index contributed by atoms with van der Waals surface area (Å²) in [5, 5.41) is 2.91. The van der Waals surface area contributed by atoms with Crippen LogP contribution in [0.15, 0.2) is 75.2 Å². The summed E-state index contributed by atoms with van der Waals surface area (Å²) in [6.45, 7) is 2.52. The Bertz CT molecular complexity index is 1220. The van der Waals surface area contributed by atoms with E-state index in [1.165, 1.54) is 10.4 Å². The highest BCUT2D eigenvalue weighted by Gasteiger charge is 2.30. The van der Waals surface area contributed by atoms with Gasteiger partial charge in [0, 0.05) is 30.3 Å². The fraction of sp³-hybridized carbons (Fsp3) is 0.227. The average molecular weight is 457 g/mol. The van der Waals surface area contributed by atoms with Gasteiger partial charge in [0.2, 0.25) is 5.96 Å². The Morgan fingerprint density at radius 1 is 1.16 bits per heavy atom. The molecule has 1 amide bonds. The van der Waals surface area contributed by atoms with Crippen LogP contribution in [-0.4, -0.2) is 43.4 Å². The molecular weight excluding hydrogens is 436 g/mol. The second kappa shape index (κ2) is 8.64. The predicted octanol–water partition coefficient (Wildman–Crippen LogP) is 3.42. The number of guanidine groups is 1. The van der Waals surface area contributed by atoms with E-state index in [2.05, 4.69) is 22.2 Å². The van der Waals surface area contributed by atoms with Crippen LogP contribution < -0.4 is 5.32 Å². The molecule has 0 bridgehead atoms. The molecule has 0 fully saturated rings. The Hall–Kier alpha value is -2.97. The van der Waals surface area contributed by atoms with Gasteiger partial charge in [-0.1, -0.05) is 42.8 Å². The molecule has 160 valence electrons. The van der Waals surface area contributed by atoms with Crippen LogP contribution in [0.4, 0.5) is 0 Å². The van der Waals surface area contributed by atoms with Crippen LogP contribution in [0, 0.1) is 0 Å². The molecule has 2 aliphatic heterocycles. The maximum absolute atomic E-state index is 13.0. The van der Waals surface area contributed by atoms with E-state index in [4.69, 9.17) is 11.6 Å². The van der Waals surface area contributed by atoms with Crippen molar-refractivity contribution in [1.82, 2.24) is 9.62 Å². The van der Waals surface area contributed by atoms with Gasteiger partial charge in [0.05, 0.1) is 17.3 Å². The van der Waals surface area contributed by atoms with Crippen LogP contribution >= 0.6 is 11.6 Å². The molecule has 31 heavy (non-hydrogen) atoms. The van der Waals surface area contributed by atoms with Gasteiger partial charge in [0.25, 0.3) is 15.9 Å². The molecule has 2 aromatic carbocycles. The molecule has 0 aromatic heterocycles. The summed E-state index contributed by atoms with van der Waals surface area (Å²) < 4.78 is 27.2. The maximum Gasteiger partial charge on any atom is 0.265 e. The smallest absolute Gasteiger partial charge is 0.265 e. The monoisotopic (exact) mass is 456 g/mol. The van der Waals surface area contributed by atoms with Crippen molar-refractivity contribution in [1.29, 1.82) is 0 Å². The molecule has 0 saturated heterocycles. The molecule has 2 heterocycles. The van der Waals surface area contributed by atoms with E-state index in [0.717, 1.165) is 17.7 Å². The first-order chi connectivity index (χ1) is 14.9. The lowest BCUT2D eigenvalue weighted by atomic mass is 10.1. The summed E-state index contributed by atoms with van der Waals surface area (Å²) in [6, 6.07) is 13.7. The Labute approximate surface area is 186 Å². The molecular formula is C22H21ClN4O3S. The van der Waals surface area contributed by atoms with Gasteiger partial charge in [-0.2, -0.15) is 0 Å². The molecule has 9 heteroatoms. The van der Waals surface area contributed by atoms with Gasteiger partial charge in [-0.05, 0) is 36.2 Å². The molecule has 2 aliphatic rings. The third kappa shape index (κ3) is 4.40. The Balaban J connectivity index is 1.49. The first kappa shape index (κ1) is 21.3. The molecule has 0 radical (unpaired) electrons. The summed E-state index contributed by atoms with van der Waals surface area (Å²) in [4.78, 5) is 21.3. The number of aryl methyl sites for hydroxylation is 1. The lowest BCUT2D eigenvalue weighted by Gasteiger charge is -2.28. The second-order valence-corrected chi connectivity index (χ2v) is 9.42. The van der Waals surface area contributed by atoms with Gasteiger partial charge in [0.1, 0.15) is 4.90 Å². The number of amides is 1. The molecule has 4 rings (SSSR count). The van der Waals surface area contributed by atoms with E-state index >= 15 is 0 Å². The number of fused-ring (bicyclic) bond motifs is 1. The molecule has 0 saturated carbocycles. The third-order valence-corrected chi connectivity index (χ3v) is 7.41. The number of hydrogen-bond acceptors (Lipinski definition) is 5. The highest BCUT2D eigenvalue weighted by atomic mass is 35.5. The van der Waals surface area contributed by atoms with Gasteiger partial charge in [-0.3, -0.25) is 14.4 Å². The summed E-state index contributed by atoms with van der Waals surface area (Å²) >= 11 is 6.09. The van der Waals surface area contributed by atoms with Crippen LogP contribution in [0.3, 0.4) is 0 Å². The fourth-order valence-electron chi connectivity index (χ4n) is 3.38. The number of rotatable bonds is 4. The molecule has 0 atom stereocenters. The summed E-state index contributed by atoms with van der Waals surface area (Å²) in [5.74, 6) is -0.0453. The first-order valence-electron chi connectivity index (χ1n) is 9.88. The summed E-state index contributed by atoms with van der Waals surface area (Å²) in [6.07, 6.45) is 2.86. The summed E-state index contributed by atoms with van der Waals surface area (Å²) in [7, 11) is -3.77. The zero-order valence-electron chi connectivity index (χ0n) is 16.9. The van der Waals surface area contributed by atoms with Gasteiger partial charge < -0.3 is 0 Å². The standard InChI is InChI=1S/C22H21ClN4O3S/c1-2-15-7-9-16(10-8-15)21(28)26-22-24-13-17-14-27(12-11-19(17)25-22)31(29,30)20-6-4-3-5-18(20)23/h3-10,14H,2,11-13H2,1H3,(H,24,26,28). The van der Waals surface area contributed by atoms with Crippen molar-refractivity contribution in [3.63, 3.8) is 0 Å². The number of benzene rings is 2. The van der Waals surface area contributed by atoms with Crippen molar-refractivity contribution in [2.24, 2.45) is 9.98 Å². The van der Waals surface area contributed by atoms with Crippen molar-refractivity contribution < 1.29 is 13.2 Å². The highest BCUT2D eigenvalue weighted by molar-refractivity contribution is 7.89. The first-order valence-corrected chi connectivity index (χ1v) is 11.7. The molecule has 0 unspecified atom stereocenters. The minimum Gasteiger partial charge on any atom is -0.291 e. The van der Waals surface area contributed by atoms with Gasteiger partial charge >= 0.3 is 0 Å². The number of nitrogens with one attached hydrogen (secondary N) is 1. The van der Waals surface area contributed by atoms with E-state index in [1.54, 1.807) is 36.5 Å². The Morgan fingerprint density at radius 2 is 1.90 bits per heavy atom. The van der Waals surface area contributed by atoms with Crippen LogP contribution in [-0.2, 0) is 16.4 Å². The van der Waals surface area contributed by atoms with E-state index in [9.17, 15) is 13.2 Å². The van der Waals surface area contributed by atoms with E-state index in [1.807, 2.05) is 12.1 Å². The highest BCUT2D eigenvalue weighted by Crippen LogP contribution is 2.27. The van der Waals surface area contributed by atoms with Crippen LogP contribution in [0.2, 0.25) is 5.02 Å². The maximum atomic E-state index is 13.0. The summed E-state index contributed by atoms with van der Waals surface area (Å²) in [5.41, 5.74) is 3.10. The van der Waals surface area contributed by atoms with Gasteiger partial charge in [-0.25, -0.2) is 18.4 Å². The SMILES string of the molecule is CCc1ccc(C(=O)NC2=NCC3=CN(S(=O)(=O)c4ccccc4Cl)CCC3=N2)cc1. The van der Waals surface area contributed by atoms with Crippen LogP contribution in [0.1, 0.15) is 29.3 Å². The Morgan fingerprint density at radius 3 is 2.61 bits per heavy atom. The second-order valence-electron chi connectivity index (χ2n) is 7.15. The third-order valence-electron chi connectivity index (χ3n) is 5.15. The van der Waals surface area contributed by atoms with Crippen molar-refractivity contribution in [3.8, 4) is 0 Å². The minimum absolute atomic E-state index is 0.0651. The van der Waals surface area contributed by atoms with Gasteiger partial charge in [-0.15, -0.1) is 0 Å². The molecule has 1 N–H and O–H groups in total. The number of hydrogen-bond donors (Lipinski definition) is 1. The number of carbonyl (C=O) groups excluding carboxylic acids is 1. The van der Waals surface area contributed by atoms with Gasteiger partial charge in [0.15, 0.2) is 0 Å². The lowest BCUT2D eigenvalue weighted by molar-refractivity contribution is 0.0976. The zero-order valence-corrected chi connectivity index (χ0v) is 18.4. The van der Waals surface area contributed by atoms with Crippen molar-refractivity contribution in [2.45, 2.75) is 24.7 Å². The molecule has 7 nitrogen and oxygen atoms in total. The Kier molecular flexibility index (Phi) is 5.93. The quantitative estimate of drug-likeness (QED) is 0.764. The number of aliphatic imine (C=N–C) groups is 2. The van der Waals surface area contributed by atoms with Crippen molar-refractivity contribution in [3.05, 3.63) is 76.5 Å². The predicted molar refractivity (Wildman–Crippen MR) is 121 cm³/mol. The van der Waals surface area contributed by atoms with E-state index in [-0.39, 0.29) is 34.9 Å². The number of halogens is 1. The molecule has 0 aliphatic carbocycles. The van der Waals surface area contributed by atoms with Crippen LogP contribution in [0.5, 0.6) is 0 Å². The number of nitrogens with zero attached hydrogens (tertiary/aromatic N) is 3. The van der Waals surface area contributed by atoms with Crippen molar-refractivity contribution >= 4 is 39.2 Å².